The van der Waals surface area contributed by atoms with Crippen LogP contribution in [-0.4, -0.2) is 12.8 Å². The van der Waals surface area contributed by atoms with Gasteiger partial charge in [-0.25, -0.2) is 0 Å². The summed E-state index contributed by atoms with van der Waals surface area (Å²) in [5.74, 6) is 0. The first-order chi connectivity index (χ1) is 9.34. The first kappa shape index (κ1) is 11.7. The summed E-state index contributed by atoms with van der Waals surface area (Å²) in [4.78, 5) is 4.51. The van der Waals surface area contributed by atoms with Gasteiger partial charge in [0, 0.05) is 11.8 Å². The van der Waals surface area contributed by atoms with E-state index in [0.717, 1.165) is 27.8 Å². The van der Waals surface area contributed by atoms with Crippen molar-refractivity contribution < 1.29 is 0 Å². The van der Waals surface area contributed by atoms with E-state index < -0.39 is 0 Å². The monoisotopic (exact) mass is 241 g/mol. The maximum Gasteiger partial charge on any atom is 0.114 e. The minimum atomic E-state index is 0.775. The summed E-state index contributed by atoms with van der Waals surface area (Å²) in [6, 6.07) is 22.1. The highest BCUT2D eigenvalue weighted by molar-refractivity contribution is 6.35. The molecule has 19 heavy (non-hydrogen) atoms. The van der Waals surface area contributed by atoms with Crippen molar-refractivity contribution in [2.45, 2.75) is 0 Å². The van der Waals surface area contributed by atoms with E-state index in [4.69, 9.17) is 7.85 Å². The molecule has 2 aromatic carbocycles. The minimum Gasteiger partial charge on any atom is -0.256 e. The van der Waals surface area contributed by atoms with Crippen molar-refractivity contribution in [2.24, 2.45) is 0 Å². The molecular weight excluding hydrogens is 229 g/mol. The van der Waals surface area contributed by atoms with Gasteiger partial charge in [0.2, 0.25) is 0 Å². The van der Waals surface area contributed by atoms with Gasteiger partial charge in [-0.1, -0.05) is 66.1 Å². The SMILES string of the molecule is [B]c1ccccc1-c1ccc(-c2ccccc2)nc1. The molecule has 1 aromatic heterocycles. The van der Waals surface area contributed by atoms with Gasteiger partial charge in [0.1, 0.15) is 7.85 Å². The zero-order valence-electron chi connectivity index (χ0n) is 10.5. The van der Waals surface area contributed by atoms with E-state index in [-0.39, 0.29) is 0 Å². The van der Waals surface area contributed by atoms with E-state index in [1.165, 1.54) is 0 Å². The highest BCUT2D eigenvalue weighted by atomic mass is 14.7. The Balaban J connectivity index is 1.98. The maximum atomic E-state index is 5.97. The molecule has 0 aliphatic heterocycles. The molecule has 0 fully saturated rings. The van der Waals surface area contributed by atoms with Crippen LogP contribution in [0.5, 0.6) is 0 Å². The average molecular weight is 241 g/mol. The molecule has 3 aromatic rings. The molecule has 0 saturated heterocycles. The van der Waals surface area contributed by atoms with Crippen LogP contribution in [0.4, 0.5) is 0 Å². The Hall–Kier alpha value is -2.35. The Morgan fingerprint density at radius 3 is 2.11 bits per heavy atom. The molecule has 0 N–H and O–H groups in total. The van der Waals surface area contributed by atoms with Crippen molar-refractivity contribution in [3.05, 3.63) is 72.9 Å². The summed E-state index contributed by atoms with van der Waals surface area (Å²) >= 11 is 0. The molecule has 0 saturated carbocycles. The van der Waals surface area contributed by atoms with Crippen LogP contribution in [-0.2, 0) is 0 Å². The van der Waals surface area contributed by atoms with Crippen LogP contribution < -0.4 is 5.46 Å². The van der Waals surface area contributed by atoms with Crippen LogP contribution in [0.2, 0.25) is 0 Å². The topological polar surface area (TPSA) is 12.9 Å². The van der Waals surface area contributed by atoms with Gasteiger partial charge in [-0.05, 0) is 17.2 Å². The molecule has 0 aliphatic carbocycles. The average Bonchev–Trinajstić information content (AvgIpc) is 2.49. The van der Waals surface area contributed by atoms with E-state index in [1.54, 1.807) is 0 Å². The Bertz CT molecular complexity index is 675. The van der Waals surface area contributed by atoms with Crippen molar-refractivity contribution in [3.8, 4) is 22.4 Å². The molecule has 1 nitrogen and oxygen atoms in total. The summed E-state index contributed by atoms with van der Waals surface area (Å²) in [5.41, 5.74) is 4.93. The molecule has 0 spiro atoms. The number of benzene rings is 2. The van der Waals surface area contributed by atoms with Crippen LogP contribution in [0, 0.1) is 0 Å². The summed E-state index contributed by atoms with van der Waals surface area (Å²) in [6.45, 7) is 0. The predicted molar refractivity (Wildman–Crippen MR) is 80.5 cm³/mol. The Labute approximate surface area is 114 Å². The third kappa shape index (κ3) is 2.43. The second kappa shape index (κ2) is 5.11. The van der Waals surface area contributed by atoms with Crippen molar-refractivity contribution in [1.29, 1.82) is 0 Å². The predicted octanol–water partition coefficient (Wildman–Crippen LogP) is 3.21. The lowest BCUT2D eigenvalue weighted by atomic mass is 9.88. The number of rotatable bonds is 2. The van der Waals surface area contributed by atoms with E-state index in [1.807, 2.05) is 54.7 Å². The largest absolute Gasteiger partial charge is 0.256 e. The van der Waals surface area contributed by atoms with Crippen LogP contribution in [0.25, 0.3) is 22.4 Å². The van der Waals surface area contributed by atoms with E-state index in [0.29, 0.717) is 0 Å². The molecule has 2 heteroatoms. The molecule has 88 valence electrons. The van der Waals surface area contributed by atoms with Gasteiger partial charge >= 0.3 is 0 Å². The van der Waals surface area contributed by atoms with Gasteiger partial charge < -0.3 is 0 Å². The van der Waals surface area contributed by atoms with Gasteiger partial charge in [0.15, 0.2) is 0 Å². The second-order valence-corrected chi connectivity index (χ2v) is 4.39. The van der Waals surface area contributed by atoms with Gasteiger partial charge in [0.05, 0.1) is 5.69 Å². The minimum absolute atomic E-state index is 0.775. The summed E-state index contributed by atoms with van der Waals surface area (Å²) < 4.78 is 0. The quantitative estimate of drug-likeness (QED) is 0.628. The van der Waals surface area contributed by atoms with Crippen LogP contribution in [0.3, 0.4) is 0 Å². The van der Waals surface area contributed by atoms with E-state index >= 15 is 0 Å². The van der Waals surface area contributed by atoms with Crippen molar-refractivity contribution in [1.82, 2.24) is 4.98 Å². The highest BCUT2D eigenvalue weighted by Gasteiger charge is 2.02. The van der Waals surface area contributed by atoms with E-state index in [9.17, 15) is 0 Å². The number of nitrogens with zero attached hydrogens (tertiary/aromatic N) is 1. The number of hydrogen-bond acceptors (Lipinski definition) is 1. The molecule has 0 atom stereocenters. The Morgan fingerprint density at radius 1 is 0.684 bits per heavy atom. The third-order valence-corrected chi connectivity index (χ3v) is 3.10. The summed E-state index contributed by atoms with van der Waals surface area (Å²) in [6.07, 6.45) is 1.87. The second-order valence-electron chi connectivity index (χ2n) is 4.39. The molecule has 3 rings (SSSR count). The number of hydrogen-bond donors (Lipinski definition) is 0. The fraction of sp³-hybridized carbons (Fsp3) is 0. The lowest BCUT2D eigenvalue weighted by Crippen LogP contribution is -2.05. The normalized spacial score (nSPS) is 10.3. The van der Waals surface area contributed by atoms with Crippen LogP contribution in [0.15, 0.2) is 72.9 Å². The Kier molecular flexibility index (Phi) is 3.15. The van der Waals surface area contributed by atoms with Crippen molar-refractivity contribution in [3.63, 3.8) is 0 Å². The molecule has 0 bridgehead atoms. The molecule has 1 heterocycles. The molecular formula is C17H12BN. The van der Waals surface area contributed by atoms with Gasteiger partial charge in [-0.3, -0.25) is 4.98 Å². The fourth-order valence-corrected chi connectivity index (χ4v) is 2.09. The zero-order valence-corrected chi connectivity index (χ0v) is 10.5. The van der Waals surface area contributed by atoms with E-state index in [2.05, 4.69) is 23.2 Å². The van der Waals surface area contributed by atoms with Gasteiger partial charge in [-0.15, -0.1) is 0 Å². The third-order valence-electron chi connectivity index (χ3n) is 3.10. The smallest absolute Gasteiger partial charge is 0.114 e. The van der Waals surface area contributed by atoms with Crippen LogP contribution in [0.1, 0.15) is 0 Å². The standard InChI is InChI=1S/C17H12BN/c18-16-9-5-4-8-15(16)14-10-11-17(19-12-14)13-6-2-1-3-7-13/h1-12H. The van der Waals surface area contributed by atoms with Crippen molar-refractivity contribution in [2.75, 3.05) is 0 Å². The van der Waals surface area contributed by atoms with Crippen molar-refractivity contribution >= 4 is 13.3 Å². The Morgan fingerprint density at radius 2 is 1.42 bits per heavy atom. The molecule has 0 unspecified atom stereocenters. The highest BCUT2D eigenvalue weighted by Crippen LogP contribution is 2.20. The lowest BCUT2D eigenvalue weighted by Gasteiger charge is -2.07. The van der Waals surface area contributed by atoms with Gasteiger partial charge in [-0.2, -0.15) is 0 Å². The molecule has 2 radical (unpaired) electrons. The number of aromatic nitrogens is 1. The first-order valence-corrected chi connectivity index (χ1v) is 6.21. The zero-order chi connectivity index (χ0) is 13.1. The number of pyridine rings is 1. The molecule has 0 aliphatic rings. The summed E-state index contributed by atoms with van der Waals surface area (Å²) in [7, 11) is 5.97. The maximum absolute atomic E-state index is 5.97. The first-order valence-electron chi connectivity index (χ1n) is 6.21. The van der Waals surface area contributed by atoms with Gasteiger partial charge in [0.25, 0.3) is 0 Å². The van der Waals surface area contributed by atoms with Crippen LogP contribution >= 0.6 is 0 Å². The lowest BCUT2D eigenvalue weighted by molar-refractivity contribution is 1.33. The molecule has 0 amide bonds. The summed E-state index contributed by atoms with van der Waals surface area (Å²) in [5, 5.41) is 0. The fourth-order valence-electron chi connectivity index (χ4n) is 2.09.